The SMILES string of the molecule is CCCCCCCCCCCCNC1(CC)CCCCC1CC.O=S(=O)(O)O. The average molecular weight is 422 g/mol. The zero-order valence-corrected chi connectivity index (χ0v) is 19.5. The smallest absolute Gasteiger partial charge is 0.311 e. The minimum absolute atomic E-state index is 0.478. The normalized spacial score (nSPS) is 22.5. The van der Waals surface area contributed by atoms with E-state index in [0.717, 1.165) is 5.92 Å². The molecule has 3 N–H and O–H groups in total. The molecule has 0 aromatic heterocycles. The van der Waals surface area contributed by atoms with Crippen LogP contribution in [0.3, 0.4) is 0 Å². The lowest BCUT2D eigenvalue weighted by molar-refractivity contribution is 0.130. The molecule has 1 saturated carbocycles. The summed E-state index contributed by atoms with van der Waals surface area (Å²) in [7, 11) is -4.67. The van der Waals surface area contributed by atoms with Crippen LogP contribution in [0, 0.1) is 5.92 Å². The molecule has 0 amide bonds. The van der Waals surface area contributed by atoms with Gasteiger partial charge in [0.2, 0.25) is 0 Å². The fourth-order valence-corrected chi connectivity index (χ4v) is 4.68. The summed E-state index contributed by atoms with van der Waals surface area (Å²) in [6.07, 6.45) is 22.8. The highest BCUT2D eigenvalue weighted by atomic mass is 32.3. The Morgan fingerprint density at radius 1 is 0.857 bits per heavy atom. The van der Waals surface area contributed by atoms with Crippen LogP contribution < -0.4 is 5.32 Å². The van der Waals surface area contributed by atoms with Crippen molar-refractivity contribution in [1.29, 1.82) is 0 Å². The van der Waals surface area contributed by atoms with Crippen molar-refractivity contribution in [2.75, 3.05) is 6.54 Å². The Morgan fingerprint density at radius 3 is 1.82 bits per heavy atom. The van der Waals surface area contributed by atoms with Gasteiger partial charge in [0.25, 0.3) is 0 Å². The molecule has 0 radical (unpaired) electrons. The van der Waals surface area contributed by atoms with E-state index >= 15 is 0 Å². The molecule has 170 valence electrons. The molecule has 5 nitrogen and oxygen atoms in total. The number of rotatable bonds is 14. The highest BCUT2D eigenvalue weighted by molar-refractivity contribution is 7.79. The lowest BCUT2D eigenvalue weighted by Gasteiger charge is -2.44. The molecule has 0 spiro atoms. The van der Waals surface area contributed by atoms with E-state index in [1.165, 1.54) is 109 Å². The Balaban J connectivity index is 0.00000129. The fraction of sp³-hybridized carbons (Fsp3) is 1.00. The van der Waals surface area contributed by atoms with Crippen LogP contribution in [0.5, 0.6) is 0 Å². The minimum Gasteiger partial charge on any atom is -0.311 e. The maximum Gasteiger partial charge on any atom is 0.394 e. The third-order valence-corrected chi connectivity index (χ3v) is 6.34. The molecule has 0 heterocycles. The van der Waals surface area contributed by atoms with E-state index in [1.54, 1.807) is 0 Å². The van der Waals surface area contributed by atoms with Crippen LogP contribution >= 0.6 is 0 Å². The molecule has 0 aliphatic heterocycles. The Morgan fingerprint density at radius 2 is 1.36 bits per heavy atom. The largest absolute Gasteiger partial charge is 0.394 e. The molecule has 6 heteroatoms. The summed E-state index contributed by atoms with van der Waals surface area (Å²) in [4.78, 5) is 0. The lowest BCUT2D eigenvalue weighted by atomic mass is 9.70. The number of unbranched alkanes of at least 4 members (excludes halogenated alkanes) is 9. The topological polar surface area (TPSA) is 86.6 Å². The second-order valence-corrected chi connectivity index (χ2v) is 9.31. The van der Waals surface area contributed by atoms with Crippen LogP contribution in [0.4, 0.5) is 0 Å². The van der Waals surface area contributed by atoms with Gasteiger partial charge in [-0.15, -0.1) is 0 Å². The lowest BCUT2D eigenvalue weighted by Crippen LogP contribution is -2.52. The van der Waals surface area contributed by atoms with Crippen molar-refractivity contribution in [1.82, 2.24) is 5.32 Å². The molecule has 2 atom stereocenters. The van der Waals surface area contributed by atoms with E-state index in [9.17, 15) is 0 Å². The Hall–Kier alpha value is -0.170. The molecule has 1 aliphatic carbocycles. The molecular formula is C22H47NO4S. The van der Waals surface area contributed by atoms with Gasteiger partial charge in [0, 0.05) is 5.54 Å². The molecule has 2 unspecified atom stereocenters. The number of hydrogen-bond donors (Lipinski definition) is 3. The standard InChI is InChI=1S/C22H45N.H2O4S/c1-4-7-8-9-10-11-12-13-14-17-20-23-22(6-3)19-16-15-18-21(22)5-2;1-5(2,3)4/h21,23H,4-20H2,1-3H3;(H2,1,2,3,4). The van der Waals surface area contributed by atoms with Gasteiger partial charge in [-0.3, -0.25) is 9.11 Å². The Bertz CT molecular complexity index is 447. The first-order valence-corrected chi connectivity index (χ1v) is 13.1. The van der Waals surface area contributed by atoms with Gasteiger partial charge >= 0.3 is 10.4 Å². The number of hydrogen-bond acceptors (Lipinski definition) is 3. The summed E-state index contributed by atoms with van der Waals surface area (Å²) in [5, 5.41) is 4.01. The summed E-state index contributed by atoms with van der Waals surface area (Å²) < 4.78 is 31.6. The first-order valence-electron chi connectivity index (χ1n) is 11.7. The first kappa shape index (κ1) is 27.8. The third kappa shape index (κ3) is 14.8. The van der Waals surface area contributed by atoms with Gasteiger partial charge in [-0.25, -0.2) is 0 Å². The van der Waals surface area contributed by atoms with E-state index in [2.05, 4.69) is 26.1 Å². The molecule has 0 aromatic carbocycles. The zero-order valence-electron chi connectivity index (χ0n) is 18.7. The monoisotopic (exact) mass is 421 g/mol. The van der Waals surface area contributed by atoms with Crippen molar-refractivity contribution in [3.8, 4) is 0 Å². The van der Waals surface area contributed by atoms with Gasteiger partial charge < -0.3 is 5.32 Å². The zero-order chi connectivity index (χ0) is 21.3. The van der Waals surface area contributed by atoms with Crippen LogP contribution in [-0.4, -0.2) is 29.6 Å². The second-order valence-electron chi connectivity index (χ2n) is 8.42. The summed E-state index contributed by atoms with van der Waals surface area (Å²) >= 11 is 0. The molecular weight excluding hydrogens is 374 g/mol. The van der Waals surface area contributed by atoms with E-state index in [-0.39, 0.29) is 0 Å². The molecule has 1 fully saturated rings. The molecule has 0 aromatic rings. The highest BCUT2D eigenvalue weighted by Crippen LogP contribution is 2.38. The van der Waals surface area contributed by atoms with Crippen molar-refractivity contribution in [3.63, 3.8) is 0 Å². The maximum atomic E-state index is 8.74. The molecule has 1 aliphatic rings. The average Bonchev–Trinajstić information content (AvgIpc) is 2.65. The Labute approximate surface area is 175 Å². The van der Waals surface area contributed by atoms with Crippen molar-refractivity contribution in [2.45, 2.75) is 129 Å². The van der Waals surface area contributed by atoms with Gasteiger partial charge in [0.1, 0.15) is 0 Å². The quantitative estimate of drug-likeness (QED) is 0.217. The maximum absolute atomic E-state index is 8.74. The summed E-state index contributed by atoms with van der Waals surface area (Å²) in [5.74, 6) is 0.921. The van der Waals surface area contributed by atoms with Gasteiger partial charge in [-0.1, -0.05) is 97.8 Å². The Kier molecular flexibility index (Phi) is 16.5. The highest BCUT2D eigenvalue weighted by Gasteiger charge is 2.37. The van der Waals surface area contributed by atoms with Crippen molar-refractivity contribution >= 4 is 10.4 Å². The van der Waals surface area contributed by atoms with E-state index < -0.39 is 10.4 Å². The van der Waals surface area contributed by atoms with Gasteiger partial charge in [-0.2, -0.15) is 8.42 Å². The molecule has 1 rings (SSSR count). The molecule has 0 saturated heterocycles. The fourth-order valence-electron chi connectivity index (χ4n) is 4.68. The summed E-state index contributed by atoms with van der Waals surface area (Å²) in [6.45, 7) is 8.34. The van der Waals surface area contributed by atoms with Crippen LogP contribution in [0.25, 0.3) is 0 Å². The van der Waals surface area contributed by atoms with E-state index in [0.29, 0.717) is 5.54 Å². The second kappa shape index (κ2) is 16.6. The minimum atomic E-state index is -4.67. The third-order valence-electron chi connectivity index (χ3n) is 6.34. The molecule has 28 heavy (non-hydrogen) atoms. The summed E-state index contributed by atoms with van der Waals surface area (Å²) in [5.41, 5.74) is 0.478. The van der Waals surface area contributed by atoms with E-state index in [1.807, 2.05) is 0 Å². The van der Waals surface area contributed by atoms with Crippen LogP contribution in [0.1, 0.15) is 124 Å². The van der Waals surface area contributed by atoms with Crippen LogP contribution in [0.2, 0.25) is 0 Å². The van der Waals surface area contributed by atoms with Crippen molar-refractivity contribution in [3.05, 3.63) is 0 Å². The van der Waals surface area contributed by atoms with Gasteiger partial charge in [0.05, 0.1) is 0 Å². The van der Waals surface area contributed by atoms with Crippen molar-refractivity contribution in [2.24, 2.45) is 5.92 Å². The van der Waals surface area contributed by atoms with Crippen LogP contribution in [0.15, 0.2) is 0 Å². The van der Waals surface area contributed by atoms with Crippen LogP contribution in [-0.2, 0) is 10.4 Å². The first-order chi connectivity index (χ1) is 13.3. The predicted molar refractivity (Wildman–Crippen MR) is 119 cm³/mol. The van der Waals surface area contributed by atoms with Gasteiger partial charge in [0.15, 0.2) is 0 Å². The van der Waals surface area contributed by atoms with Crippen molar-refractivity contribution < 1.29 is 17.5 Å². The number of nitrogens with one attached hydrogen (secondary N) is 1. The summed E-state index contributed by atoms with van der Waals surface area (Å²) in [6, 6.07) is 0. The van der Waals surface area contributed by atoms with Gasteiger partial charge in [-0.05, 0) is 38.1 Å². The molecule has 0 bridgehead atoms. The van der Waals surface area contributed by atoms with E-state index in [4.69, 9.17) is 17.5 Å². The predicted octanol–water partition coefficient (Wildman–Crippen LogP) is 6.59.